The number of hydrogen-bond acceptors (Lipinski definition) is 6. The predicted octanol–water partition coefficient (Wildman–Crippen LogP) is 4.20. The van der Waals surface area contributed by atoms with Crippen molar-refractivity contribution in [3.8, 4) is 11.6 Å². The van der Waals surface area contributed by atoms with E-state index in [-0.39, 0.29) is 41.2 Å². The van der Waals surface area contributed by atoms with Crippen LogP contribution in [0.15, 0.2) is 55.1 Å². The molecule has 0 saturated carbocycles. The van der Waals surface area contributed by atoms with Crippen molar-refractivity contribution in [3.05, 3.63) is 83.2 Å². The van der Waals surface area contributed by atoms with Crippen LogP contribution in [-0.2, 0) is 11.2 Å². The highest BCUT2D eigenvalue weighted by Gasteiger charge is 2.39. The lowest BCUT2D eigenvalue weighted by Gasteiger charge is -2.45. The maximum absolute atomic E-state index is 13.8. The smallest absolute Gasteiger partial charge is 0.237 e. The molecule has 9 heteroatoms. The number of likely N-dealkylation sites (tertiary alicyclic amines) is 1. The molecule has 1 saturated heterocycles. The van der Waals surface area contributed by atoms with E-state index in [0.29, 0.717) is 12.2 Å². The van der Waals surface area contributed by atoms with Gasteiger partial charge in [-0.3, -0.25) is 14.7 Å². The minimum absolute atomic E-state index is 0.0152. The van der Waals surface area contributed by atoms with E-state index in [1.807, 2.05) is 19.1 Å². The van der Waals surface area contributed by atoms with Crippen LogP contribution >= 0.6 is 0 Å². The Kier molecular flexibility index (Phi) is 7.07. The molecular formula is C26H28F2N4O3. The van der Waals surface area contributed by atoms with Crippen molar-refractivity contribution in [2.45, 2.75) is 45.6 Å². The minimum atomic E-state index is -0.842. The van der Waals surface area contributed by atoms with Crippen LogP contribution in [0.1, 0.15) is 44.4 Å². The van der Waals surface area contributed by atoms with Gasteiger partial charge < -0.3 is 9.94 Å². The second-order valence-corrected chi connectivity index (χ2v) is 9.62. The Balaban J connectivity index is 1.39. The van der Waals surface area contributed by atoms with Crippen LogP contribution < -0.4 is 9.47 Å². The number of halogens is 2. The maximum atomic E-state index is 13.8. The summed E-state index contributed by atoms with van der Waals surface area (Å²) in [5.41, 5.74) is 1.61. The Labute approximate surface area is 203 Å². The summed E-state index contributed by atoms with van der Waals surface area (Å²) >= 11 is 0. The number of rotatable bonds is 7. The fraction of sp³-hybridized carbons (Fsp3) is 0.385. The molecule has 1 aromatic carbocycles. The average molecular weight is 483 g/mol. The average Bonchev–Trinajstić information content (AvgIpc) is 2.82. The molecule has 4 rings (SSSR count). The van der Waals surface area contributed by atoms with Crippen molar-refractivity contribution >= 4 is 5.78 Å². The second kappa shape index (κ2) is 10.0. The first kappa shape index (κ1) is 24.7. The molecule has 7 nitrogen and oxygen atoms in total. The van der Waals surface area contributed by atoms with Gasteiger partial charge in [0.15, 0.2) is 29.7 Å². The topological polar surface area (TPSA) is 82.3 Å². The van der Waals surface area contributed by atoms with Gasteiger partial charge in [-0.1, -0.05) is 13.8 Å². The van der Waals surface area contributed by atoms with Gasteiger partial charge in [0.2, 0.25) is 5.88 Å². The Bertz CT molecular complexity index is 1190. The van der Waals surface area contributed by atoms with Crippen LogP contribution in [0.25, 0.3) is 0 Å². The zero-order chi connectivity index (χ0) is 25.2. The van der Waals surface area contributed by atoms with Crippen molar-refractivity contribution in [2.24, 2.45) is 5.41 Å². The lowest BCUT2D eigenvalue weighted by atomic mass is 9.70. The summed E-state index contributed by atoms with van der Waals surface area (Å²) in [6.45, 7) is 7.85. The third-order valence-corrected chi connectivity index (χ3v) is 6.79. The Hall–Kier alpha value is -3.46. The van der Waals surface area contributed by atoms with Gasteiger partial charge in [0.05, 0.1) is 30.6 Å². The molecule has 0 radical (unpaired) electrons. The Morgan fingerprint density at radius 2 is 1.97 bits per heavy atom. The zero-order valence-corrected chi connectivity index (χ0v) is 19.9. The van der Waals surface area contributed by atoms with E-state index in [9.17, 15) is 18.8 Å². The van der Waals surface area contributed by atoms with E-state index in [2.05, 4.69) is 28.7 Å². The van der Waals surface area contributed by atoms with Crippen molar-refractivity contribution in [1.29, 1.82) is 0 Å². The predicted molar refractivity (Wildman–Crippen MR) is 125 cm³/mol. The molecule has 3 aromatic rings. The number of Topliss-reactive ketones (excluding diaryl/α,β-unsaturated/α-hetero) is 1. The van der Waals surface area contributed by atoms with Gasteiger partial charge in [-0.05, 0) is 43.0 Å². The molecule has 0 bridgehead atoms. The molecule has 0 aliphatic carbocycles. The van der Waals surface area contributed by atoms with Crippen LogP contribution in [0.3, 0.4) is 0 Å². The SMILES string of the molecule is C[C@@H](C(=O)Cc1cnc(Oc2ccc(F)cc2F)cn1)N1CCC(C)(C)[C@@H](c2cc[n+]([O-])cc2)C1. The molecular weight excluding hydrogens is 454 g/mol. The number of ether oxygens (including phenoxy) is 1. The standard InChI is InChI=1S/C26H28F2N4O3/c1-17(31-11-8-26(2,3)21(16-31)18-6-9-32(34)10-7-18)23(33)13-20-14-30-25(15-29-20)35-24-5-4-19(27)12-22(24)28/h4-7,9-10,12,14-15,17,21H,8,11,13,16H2,1-3H3/t17-,21+/m0/s1. The monoisotopic (exact) mass is 482 g/mol. The molecule has 0 unspecified atom stereocenters. The lowest BCUT2D eigenvalue weighted by molar-refractivity contribution is -0.605. The summed E-state index contributed by atoms with van der Waals surface area (Å²) in [7, 11) is 0. The lowest BCUT2D eigenvalue weighted by Crippen LogP contribution is -2.50. The first-order chi connectivity index (χ1) is 16.6. The molecule has 1 aliphatic heterocycles. The Morgan fingerprint density at radius 3 is 2.63 bits per heavy atom. The van der Waals surface area contributed by atoms with Gasteiger partial charge in [-0.25, -0.2) is 13.8 Å². The minimum Gasteiger partial charge on any atom is -0.619 e. The molecule has 184 valence electrons. The molecule has 2 aromatic heterocycles. The van der Waals surface area contributed by atoms with Gasteiger partial charge >= 0.3 is 0 Å². The molecule has 35 heavy (non-hydrogen) atoms. The van der Waals surface area contributed by atoms with Crippen LogP contribution in [0.2, 0.25) is 0 Å². The third-order valence-electron chi connectivity index (χ3n) is 6.79. The number of hydrogen-bond donors (Lipinski definition) is 0. The van der Waals surface area contributed by atoms with Gasteiger partial charge in [0.1, 0.15) is 5.82 Å². The molecule has 0 spiro atoms. The Morgan fingerprint density at radius 1 is 1.23 bits per heavy atom. The summed E-state index contributed by atoms with van der Waals surface area (Å²) in [6.07, 6.45) is 6.78. The van der Waals surface area contributed by atoms with Gasteiger partial charge in [0, 0.05) is 30.7 Å². The molecule has 1 aliphatic rings. The number of benzene rings is 1. The van der Waals surface area contributed by atoms with E-state index < -0.39 is 11.6 Å². The molecule has 1 fully saturated rings. The third kappa shape index (κ3) is 5.79. The van der Waals surface area contributed by atoms with Crippen LogP contribution in [0.5, 0.6) is 11.6 Å². The van der Waals surface area contributed by atoms with Crippen LogP contribution in [0, 0.1) is 22.3 Å². The number of carbonyl (C=O) groups is 1. The normalized spacial score (nSPS) is 18.7. The van der Waals surface area contributed by atoms with Crippen LogP contribution in [0.4, 0.5) is 8.78 Å². The fourth-order valence-electron chi connectivity index (χ4n) is 4.43. The second-order valence-electron chi connectivity index (χ2n) is 9.62. The van der Waals surface area contributed by atoms with Crippen LogP contribution in [-0.4, -0.2) is 39.8 Å². The summed E-state index contributed by atoms with van der Waals surface area (Å²) in [5.74, 6) is -1.46. The highest BCUT2D eigenvalue weighted by molar-refractivity contribution is 5.85. The van der Waals surface area contributed by atoms with Crippen molar-refractivity contribution < 1.29 is 23.0 Å². The first-order valence-corrected chi connectivity index (χ1v) is 11.5. The number of pyridine rings is 1. The van der Waals surface area contributed by atoms with E-state index in [0.717, 1.165) is 35.4 Å². The van der Waals surface area contributed by atoms with E-state index in [1.165, 1.54) is 30.9 Å². The van der Waals surface area contributed by atoms with Gasteiger partial charge in [-0.2, -0.15) is 4.73 Å². The summed E-state index contributed by atoms with van der Waals surface area (Å²) < 4.78 is 32.9. The van der Waals surface area contributed by atoms with Gasteiger partial charge in [-0.15, -0.1) is 0 Å². The van der Waals surface area contributed by atoms with Crippen molar-refractivity contribution in [1.82, 2.24) is 14.9 Å². The van der Waals surface area contributed by atoms with E-state index in [1.54, 1.807) is 0 Å². The first-order valence-electron chi connectivity index (χ1n) is 11.5. The number of aromatic nitrogens is 3. The number of ketones is 1. The number of carbonyl (C=O) groups excluding carboxylic acids is 1. The number of piperidine rings is 1. The van der Waals surface area contributed by atoms with Crippen molar-refractivity contribution in [2.75, 3.05) is 13.1 Å². The molecule has 2 atom stereocenters. The molecule has 3 heterocycles. The fourth-order valence-corrected chi connectivity index (χ4v) is 4.43. The summed E-state index contributed by atoms with van der Waals surface area (Å²) in [4.78, 5) is 23.6. The summed E-state index contributed by atoms with van der Waals surface area (Å²) in [5, 5.41) is 11.5. The van der Waals surface area contributed by atoms with Crippen molar-refractivity contribution in [3.63, 3.8) is 0 Å². The van der Waals surface area contributed by atoms with E-state index >= 15 is 0 Å². The van der Waals surface area contributed by atoms with E-state index in [4.69, 9.17) is 4.74 Å². The molecule has 0 amide bonds. The largest absolute Gasteiger partial charge is 0.619 e. The summed E-state index contributed by atoms with van der Waals surface area (Å²) in [6, 6.07) is 6.38. The maximum Gasteiger partial charge on any atom is 0.237 e. The van der Waals surface area contributed by atoms with Gasteiger partial charge in [0.25, 0.3) is 0 Å². The molecule has 0 N–H and O–H groups in total. The zero-order valence-electron chi connectivity index (χ0n) is 19.9. The highest BCUT2D eigenvalue weighted by atomic mass is 19.1. The highest BCUT2D eigenvalue weighted by Crippen LogP contribution is 2.42. The quantitative estimate of drug-likeness (QED) is 0.371. The number of nitrogens with zero attached hydrogens (tertiary/aromatic N) is 4.